The molecule has 0 atom stereocenters. The molecule has 0 aliphatic heterocycles. The Balaban J connectivity index is 2.91. The van der Waals surface area contributed by atoms with Crippen LogP contribution in [0.2, 0.25) is 0 Å². The Morgan fingerprint density at radius 3 is 2.00 bits per heavy atom. The Morgan fingerprint density at radius 1 is 0.952 bits per heavy atom. The maximum atomic E-state index is 12.0. The SMILES string of the molecule is N#Cc1ccc(-c2c(C#N)c(N)n(N)c(=O)c2C#N)cc1. The number of nitrogen functional groups attached to an aromatic ring is 2. The van der Waals surface area contributed by atoms with Crippen molar-refractivity contribution in [1.82, 2.24) is 4.68 Å². The molecule has 4 N–H and O–H groups in total. The van der Waals surface area contributed by atoms with Gasteiger partial charge in [-0.3, -0.25) is 4.79 Å². The Kier molecular flexibility index (Phi) is 3.31. The summed E-state index contributed by atoms with van der Waals surface area (Å²) in [6.45, 7) is 0. The van der Waals surface area contributed by atoms with Crippen LogP contribution in [0.25, 0.3) is 11.1 Å². The summed E-state index contributed by atoms with van der Waals surface area (Å²) < 4.78 is 0.574. The topological polar surface area (TPSA) is 145 Å². The van der Waals surface area contributed by atoms with Crippen LogP contribution < -0.4 is 17.1 Å². The summed E-state index contributed by atoms with van der Waals surface area (Å²) in [5, 5.41) is 27.2. The summed E-state index contributed by atoms with van der Waals surface area (Å²) >= 11 is 0. The van der Waals surface area contributed by atoms with Crippen molar-refractivity contribution in [3.63, 3.8) is 0 Å². The fourth-order valence-corrected chi connectivity index (χ4v) is 1.93. The number of hydrogen-bond donors (Lipinski definition) is 2. The zero-order chi connectivity index (χ0) is 15.6. The lowest BCUT2D eigenvalue weighted by atomic mass is 9.96. The Morgan fingerprint density at radius 2 is 1.52 bits per heavy atom. The molecule has 0 aliphatic carbocycles. The van der Waals surface area contributed by atoms with Crippen LogP contribution in [0.3, 0.4) is 0 Å². The van der Waals surface area contributed by atoms with Crippen LogP contribution in [0.5, 0.6) is 0 Å². The van der Waals surface area contributed by atoms with E-state index in [9.17, 15) is 15.3 Å². The first kappa shape index (κ1) is 13.7. The van der Waals surface area contributed by atoms with Crippen LogP contribution >= 0.6 is 0 Å². The van der Waals surface area contributed by atoms with Gasteiger partial charge < -0.3 is 11.6 Å². The van der Waals surface area contributed by atoms with E-state index in [2.05, 4.69) is 0 Å². The summed E-state index contributed by atoms with van der Waals surface area (Å²) in [7, 11) is 0. The normalized spacial score (nSPS) is 9.38. The van der Waals surface area contributed by atoms with E-state index in [0.29, 0.717) is 15.8 Å². The first-order valence-corrected chi connectivity index (χ1v) is 5.69. The minimum atomic E-state index is -0.784. The minimum absolute atomic E-state index is 0.0571. The lowest BCUT2D eigenvalue weighted by molar-refractivity contribution is 0.942. The van der Waals surface area contributed by atoms with Gasteiger partial charge in [-0.1, -0.05) is 12.1 Å². The number of hydrogen-bond acceptors (Lipinski definition) is 6. The third-order valence-corrected chi connectivity index (χ3v) is 2.97. The second kappa shape index (κ2) is 5.08. The van der Waals surface area contributed by atoms with Gasteiger partial charge in [0.15, 0.2) is 0 Å². The summed E-state index contributed by atoms with van der Waals surface area (Å²) in [6, 6.07) is 11.7. The van der Waals surface area contributed by atoms with Crippen molar-refractivity contribution in [1.29, 1.82) is 15.8 Å². The fourth-order valence-electron chi connectivity index (χ4n) is 1.93. The molecular formula is C14H8N6O. The van der Waals surface area contributed by atoms with Crippen molar-refractivity contribution in [2.75, 3.05) is 11.6 Å². The molecule has 2 aromatic rings. The molecule has 0 radical (unpaired) electrons. The molecule has 7 heteroatoms. The van der Waals surface area contributed by atoms with Crippen LogP contribution in [0, 0.1) is 34.0 Å². The molecule has 2 rings (SSSR count). The van der Waals surface area contributed by atoms with Gasteiger partial charge in [0.05, 0.1) is 11.6 Å². The smallest absolute Gasteiger partial charge is 0.289 e. The van der Waals surface area contributed by atoms with Crippen LogP contribution in [0.4, 0.5) is 5.82 Å². The molecule has 1 aromatic carbocycles. The number of pyridine rings is 1. The Labute approximate surface area is 119 Å². The van der Waals surface area contributed by atoms with E-state index in [1.54, 1.807) is 6.07 Å². The van der Waals surface area contributed by atoms with Gasteiger partial charge in [-0.25, -0.2) is 4.68 Å². The second-order valence-electron chi connectivity index (χ2n) is 4.10. The first-order chi connectivity index (χ1) is 10.0. The molecule has 0 unspecified atom stereocenters. The maximum Gasteiger partial charge on any atom is 0.289 e. The van der Waals surface area contributed by atoms with Gasteiger partial charge in [0.1, 0.15) is 29.1 Å². The largest absolute Gasteiger partial charge is 0.382 e. The highest BCUT2D eigenvalue weighted by Crippen LogP contribution is 2.28. The van der Waals surface area contributed by atoms with Gasteiger partial charge in [0.2, 0.25) is 0 Å². The average molecular weight is 276 g/mol. The van der Waals surface area contributed by atoms with Gasteiger partial charge in [0, 0.05) is 5.56 Å². The zero-order valence-electron chi connectivity index (χ0n) is 10.7. The molecule has 7 nitrogen and oxygen atoms in total. The van der Waals surface area contributed by atoms with Gasteiger partial charge in [-0.15, -0.1) is 0 Å². The van der Waals surface area contributed by atoms with Gasteiger partial charge >= 0.3 is 0 Å². The molecule has 0 spiro atoms. The van der Waals surface area contributed by atoms with Crippen LogP contribution in [-0.4, -0.2) is 4.68 Å². The van der Waals surface area contributed by atoms with Crippen LogP contribution in [0.15, 0.2) is 29.1 Å². The number of benzene rings is 1. The number of anilines is 1. The number of rotatable bonds is 1. The molecule has 1 heterocycles. The molecule has 1 aromatic heterocycles. The van der Waals surface area contributed by atoms with Gasteiger partial charge in [-0.2, -0.15) is 15.8 Å². The molecule has 0 saturated carbocycles. The van der Waals surface area contributed by atoms with Crippen LogP contribution in [-0.2, 0) is 0 Å². The molecule has 0 bridgehead atoms. The standard InChI is InChI=1S/C14H8N6O/c15-5-8-1-3-9(4-2-8)12-10(6-16)13(18)20(19)14(21)11(12)7-17/h1-4H,18-19H2. The summed E-state index contributed by atoms with van der Waals surface area (Å²) in [6.07, 6.45) is 0. The molecule has 0 saturated heterocycles. The molecule has 21 heavy (non-hydrogen) atoms. The highest BCUT2D eigenvalue weighted by Gasteiger charge is 2.20. The second-order valence-corrected chi connectivity index (χ2v) is 4.10. The van der Waals surface area contributed by atoms with E-state index in [-0.39, 0.29) is 22.5 Å². The van der Waals surface area contributed by atoms with Crippen molar-refractivity contribution in [2.24, 2.45) is 0 Å². The third kappa shape index (κ3) is 2.03. The van der Waals surface area contributed by atoms with Crippen molar-refractivity contribution in [3.05, 3.63) is 51.3 Å². The number of aromatic nitrogens is 1. The minimum Gasteiger partial charge on any atom is -0.382 e. The molecule has 0 fully saturated rings. The number of nitrogens with two attached hydrogens (primary N) is 2. The van der Waals surface area contributed by atoms with Crippen molar-refractivity contribution in [3.8, 4) is 29.3 Å². The summed E-state index contributed by atoms with van der Waals surface area (Å²) in [4.78, 5) is 12.0. The van der Waals surface area contributed by atoms with Crippen molar-refractivity contribution in [2.45, 2.75) is 0 Å². The number of nitriles is 3. The lowest BCUT2D eigenvalue weighted by Crippen LogP contribution is -2.33. The van der Waals surface area contributed by atoms with E-state index in [1.165, 1.54) is 24.3 Å². The lowest BCUT2D eigenvalue weighted by Gasteiger charge is -2.12. The molecule has 0 aliphatic rings. The van der Waals surface area contributed by atoms with Gasteiger partial charge in [0.25, 0.3) is 5.56 Å². The number of nitrogens with zero attached hydrogens (tertiary/aromatic N) is 4. The highest BCUT2D eigenvalue weighted by atomic mass is 16.1. The predicted molar refractivity (Wildman–Crippen MR) is 74.8 cm³/mol. The first-order valence-electron chi connectivity index (χ1n) is 5.69. The van der Waals surface area contributed by atoms with E-state index in [4.69, 9.17) is 16.8 Å². The summed E-state index contributed by atoms with van der Waals surface area (Å²) in [5.74, 6) is 5.24. The van der Waals surface area contributed by atoms with Crippen molar-refractivity contribution >= 4 is 5.82 Å². The summed E-state index contributed by atoms with van der Waals surface area (Å²) in [5.41, 5.74) is 5.52. The molecular weight excluding hydrogens is 268 g/mol. The van der Waals surface area contributed by atoms with E-state index in [1.807, 2.05) is 12.1 Å². The Hall–Kier alpha value is -3.76. The molecule has 100 valence electrons. The van der Waals surface area contributed by atoms with E-state index < -0.39 is 5.56 Å². The predicted octanol–water partition coefficient (Wildman–Crippen LogP) is 0.426. The van der Waals surface area contributed by atoms with E-state index >= 15 is 0 Å². The quantitative estimate of drug-likeness (QED) is 0.722. The fraction of sp³-hybridized carbons (Fsp3) is 0. The van der Waals surface area contributed by atoms with Crippen molar-refractivity contribution < 1.29 is 0 Å². The maximum absolute atomic E-state index is 12.0. The highest BCUT2D eigenvalue weighted by molar-refractivity contribution is 5.80. The van der Waals surface area contributed by atoms with E-state index in [0.717, 1.165) is 0 Å². The third-order valence-electron chi connectivity index (χ3n) is 2.97. The van der Waals surface area contributed by atoms with Crippen LogP contribution in [0.1, 0.15) is 16.7 Å². The monoisotopic (exact) mass is 276 g/mol. The Bertz CT molecular complexity index is 903. The average Bonchev–Trinajstić information content (AvgIpc) is 2.52. The molecule has 0 amide bonds. The zero-order valence-corrected chi connectivity index (χ0v) is 10.7. The van der Waals surface area contributed by atoms with Gasteiger partial charge in [-0.05, 0) is 17.7 Å².